The molecule has 1 spiro atoms. The van der Waals surface area contributed by atoms with Crippen molar-refractivity contribution < 1.29 is 4.79 Å². The van der Waals surface area contributed by atoms with Crippen LogP contribution in [0.15, 0.2) is 29.3 Å². The highest BCUT2D eigenvalue weighted by atomic mass is 16.2. The molecule has 1 atom stereocenters. The Labute approximate surface area is 182 Å². The molecule has 3 fully saturated rings. The molecule has 2 saturated heterocycles. The van der Waals surface area contributed by atoms with E-state index in [1.54, 1.807) is 0 Å². The number of aryl methyl sites for hydroxylation is 1. The maximum atomic E-state index is 14.2. The van der Waals surface area contributed by atoms with Crippen LogP contribution in [0.5, 0.6) is 0 Å². The average Bonchev–Trinajstić information content (AvgIpc) is 2.90. The van der Waals surface area contributed by atoms with E-state index in [-0.39, 0.29) is 22.9 Å². The molecule has 0 radical (unpaired) electrons. The molecular formula is C25H38N4O. The van der Waals surface area contributed by atoms with Crippen LogP contribution in [0.1, 0.15) is 58.4 Å². The summed E-state index contributed by atoms with van der Waals surface area (Å²) in [7, 11) is 2.19. The van der Waals surface area contributed by atoms with Gasteiger partial charge in [-0.1, -0.05) is 37.0 Å². The van der Waals surface area contributed by atoms with Gasteiger partial charge in [0.05, 0.1) is 22.7 Å². The van der Waals surface area contributed by atoms with E-state index >= 15 is 0 Å². The van der Waals surface area contributed by atoms with Crippen LogP contribution in [0.4, 0.5) is 5.69 Å². The molecule has 1 saturated carbocycles. The van der Waals surface area contributed by atoms with Gasteiger partial charge in [-0.25, -0.2) is 0 Å². The molecule has 1 aromatic rings. The number of piperazine rings is 1. The molecule has 2 heterocycles. The maximum absolute atomic E-state index is 14.2. The summed E-state index contributed by atoms with van der Waals surface area (Å²) in [4.78, 5) is 26.4. The van der Waals surface area contributed by atoms with Crippen LogP contribution in [0, 0.1) is 12.3 Å². The van der Waals surface area contributed by atoms with Crippen LogP contribution >= 0.6 is 0 Å². The number of hydrogen-bond acceptors (Lipinski definition) is 4. The molecule has 1 aromatic carbocycles. The molecule has 1 amide bonds. The zero-order valence-corrected chi connectivity index (χ0v) is 19.4. The van der Waals surface area contributed by atoms with Crippen LogP contribution < -0.4 is 4.90 Å². The third-order valence-electron chi connectivity index (χ3n) is 7.02. The Hall–Kier alpha value is -1.72. The van der Waals surface area contributed by atoms with Gasteiger partial charge in [0.25, 0.3) is 0 Å². The van der Waals surface area contributed by atoms with Crippen LogP contribution in [0.25, 0.3) is 0 Å². The number of rotatable bonds is 2. The third-order valence-corrected chi connectivity index (χ3v) is 7.02. The first-order chi connectivity index (χ1) is 14.2. The molecule has 0 N–H and O–H groups in total. The van der Waals surface area contributed by atoms with E-state index < -0.39 is 0 Å². The second-order valence-corrected chi connectivity index (χ2v) is 10.6. The molecule has 30 heavy (non-hydrogen) atoms. The van der Waals surface area contributed by atoms with Crippen molar-refractivity contribution in [1.82, 2.24) is 9.80 Å². The molecule has 4 rings (SSSR count). The van der Waals surface area contributed by atoms with Crippen LogP contribution in [-0.2, 0) is 4.79 Å². The second kappa shape index (κ2) is 8.08. The number of anilines is 1. The molecule has 0 bridgehead atoms. The van der Waals surface area contributed by atoms with E-state index in [2.05, 4.69) is 68.8 Å². The number of likely N-dealkylation sites (N-methyl/N-ethyl adjacent to an activating group) is 1. The minimum atomic E-state index is -0.330. The summed E-state index contributed by atoms with van der Waals surface area (Å²) in [5.41, 5.74) is 1.62. The fourth-order valence-corrected chi connectivity index (χ4v) is 5.47. The smallest absolute Gasteiger partial charge is 0.240 e. The van der Waals surface area contributed by atoms with Gasteiger partial charge in [-0.05, 0) is 59.7 Å². The minimum Gasteiger partial charge on any atom is -0.304 e. The summed E-state index contributed by atoms with van der Waals surface area (Å²) in [6.45, 7) is 12.6. The van der Waals surface area contributed by atoms with E-state index in [1.807, 2.05) is 4.90 Å². The fourth-order valence-electron chi connectivity index (χ4n) is 5.47. The molecule has 2 aliphatic heterocycles. The summed E-state index contributed by atoms with van der Waals surface area (Å²) >= 11 is 0. The fraction of sp³-hybridized carbons (Fsp3) is 0.680. The number of amides is 1. The predicted molar refractivity (Wildman–Crippen MR) is 124 cm³/mol. The van der Waals surface area contributed by atoms with Crippen molar-refractivity contribution in [2.24, 2.45) is 10.4 Å². The Morgan fingerprint density at radius 3 is 2.13 bits per heavy atom. The van der Waals surface area contributed by atoms with E-state index in [1.165, 1.54) is 12.0 Å². The summed E-state index contributed by atoms with van der Waals surface area (Å²) in [5, 5.41) is 0. The molecule has 164 valence electrons. The first kappa shape index (κ1) is 21.5. The first-order valence-electron chi connectivity index (χ1n) is 11.6. The number of hydrogen-bond donors (Lipinski definition) is 0. The van der Waals surface area contributed by atoms with Crippen molar-refractivity contribution in [3.63, 3.8) is 0 Å². The van der Waals surface area contributed by atoms with E-state index in [4.69, 9.17) is 4.99 Å². The topological polar surface area (TPSA) is 39.2 Å². The number of nitrogens with zero attached hydrogens (tertiary/aromatic N) is 4. The van der Waals surface area contributed by atoms with Crippen molar-refractivity contribution in [1.29, 1.82) is 0 Å². The van der Waals surface area contributed by atoms with E-state index in [0.29, 0.717) is 0 Å². The van der Waals surface area contributed by atoms with Gasteiger partial charge in [-0.15, -0.1) is 0 Å². The summed E-state index contributed by atoms with van der Waals surface area (Å²) in [6, 6.07) is 8.48. The lowest BCUT2D eigenvalue weighted by Gasteiger charge is -2.44. The Balaban J connectivity index is 1.85. The zero-order valence-electron chi connectivity index (χ0n) is 19.4. The molecule has 3 aliphatic rings. The predicted octanol–water partition coefficient (Wildman–Crippen LogP) is 4.11. The standard InChI is InChI=1S/C25H38N4O/c1-19-9-11-20(12-10-19)29-22(26-24(2,3)4)21(28-17-15-27(5)16-18-28)25(23(29)30)13-7-6-8-14-25/h9-12,21H,6-8,13-18H2,1-5H3/t21-/m0/s1. The monoisotopic (exact) mass is 410 g/mol. The van der Waals surface area contributed by atoms with Gasteiger partial charge >= 0.3 is 0 Å². The van der Waals surface area contributed by atoms with Crippen molar-refractivity contribution in [2.75, 3.05) is 38.1 Å². The average molecular weight is 411 g/mol. The quantitative estimate of drug-likeness (QED) is 0.737. The molecule has 0 aromatic heterocycles. The van der Waals surface area contributed by atoms with Crippen molar-refractivity contribution in [2.45, 2.75) is 71.4 Å². The summed E-state index contributed by atoms with van der Waals surface area (Å²) in [6.07, 6.45) is 5.48. The Bertz CT molecular complexity index is 793. The van der Waals surface area contributed by atoms with Gasteiger partial charge in [0.15, 0.2) is 0 Å². The molecular weight excluding hydrogens is 372 g/mol. The van der Waals surface area contributed by atoms with Crippen LogP contribution in [0.3, 0.4) is 0 Å². The highest BCUT2D eigenvalue weighted by molar-refractivity contribution is 6.27. The van der Waals surface area contributed by atoms with Gasteiger partial charge in [0.2, 0.25) is 5.91 Å². The lowest BCUT2D eigenvalue weighted by molar-refractivity contribution is -0.130. The molecule has 5 nitrogen and oxygen atoms in total. The maximum Gasteiger partial charge on any atom is 0.240 e. The third kappa shape index (κ3) is 3.94. The van der Waals surface area contributed by atoms with Gasteiger partial charge < -0.3 is 4.90 Å². The molecule has 1 aliphatic carbocycles. The summed E-state index contributed by atoms with van der Waals surface area (Å²) < 4.78 is 0. The summed E-state index contributed by atoms with van der Waals surface area (Å²) in [5.74, 6) is 1.25. The minimum absolute atomic E-state index is 0.0829. The highest BCUT2D eigenvalue weighted by Crippen LogP contribution is 2.49. The largest absolute Gasteiger partial charge is 0.304 e. The normalized spacial score (nSPS) is 27.4. The Morgan fingerprint density at radius 1 is 0.967 bits per heavy atom. The molecule has 5 heteroatoms. The van der Waals surface area contributed by atoms with Gasteiger partial charge in [-0.3, -0.25) is 19.6 Å². The Morgan fingerprint density at radius 2 is 1.57 bits per heavy atom. The Kier molecular flexibility index (Phi) is 5.80. The highest BCUT2D eigenvalue weighted by Gasteiger charge is 2.60. The number of carbonyl (C=O) groups is 1. The molecule has 0 unspecified atom stereocenters. The van der Waals surface area contributed by atoms with Gasteiger partial charge in [0.1, 0.15) is 5.84 Å². The second-order valence-electron chi connectivity index (χ2n) is 10.6. The SMILES string of the molecule is Cc1ccc(N2C(=O)C3(CCCCC3)[C@@H](N3CCN(C)CC3)C2=NC(C)(C)C)cc1. The number of benzene rings is 1. The van der Waals surface area contributed by atoms with E-state index in [0.717, 1.165) is 63.4 Å². The number of aliphatic imine (C=N–C) groups is 1. The zero-order chi connectivity index (χ0) is 21.5. The number of carbonyl (C=O) groups excluding carboxylic acids is 1. The first-order valence-corrected chi connectivity index (χ1v) is 11.6. The van der Waals surface area contributed by atoms with Crippen molar-refractivity contribution in [3.8, 4) is 0 Å². The van der Waals surface area contributed by atoms with Crippen LogP contribution in [0.2, 0.25) is 0 Å². The van der Waals surface area contributed by atoms with Crippen molar-refractivity contribution in [3.05, 3.63) is 29.8 Å². The lowest BCUT2D eigenvalue weighted by atomic mass is 9.69. The van der Waals surface area contributed by atoms with E-state index in [9.17, 15) is 4.79 Å². The number of amidine groups is 1. The lowest BCUT2D eigenvalue weighted by Crippen LogP contribution is -2.57. The van der Waals surface area contributed by atoms with Gasteiger partial charge in [0, 0.05) is 26.2 Å². The van der Waals surface area contributed by atoms with Crippen LogP contribution in [-0.4, -0.2) is 66.4 Å². The van der Waals surface area contributed by atoms with Crippen molar-refractivity contribution >= 4 is 17.4 Å². The van der Waals surface area contributed by atoms with Gasteiger partial charge in [-0.2, -0.15) is 0 Å².